The molecule has 112 valence electrons. The summed E-state index contributed by atoms with van der Waals surface area (Å²) < 4.78 is 0. The predicted molar refractivity (Wildman–Crippen MR) is 87.3 cm³/mol. The number of hydrogen-bond acceptors (Lipinski definition) is 2. The maximum Gasteiger partial charge on any atom is 0.0406 e. The fourth-order valence-electron chi connectivity index (χ4n) is 3.11. The van der Waals surface area contributed by atoms with Gasteiger partial charge in [0, 0.05) is 23.7 Å². The van der Waals surface area contributed by atoms with Gasteiger partial charge in [0.2, 0.25) is 0 Å². The van der Waals surface area contributed by atoms with Crippen LogP contribution < -0.4 is 5.32 Å². The van der Waals surface area contributed by atoms with Crippen molar-refractivity contribution in [3.63, 3.8) is 0 Å². The van der Waals surface area contributed by atoms with Crippen molar-refractivity contribution >= 4 is 11.6 Å². The van der Waals surface area contributed by atoms with Crippen LogP contribution in [0, 0.1) is 5.92 Å². The first-order valence-corrected chi connectivity index (χ1v) is 8.17. The van der Waals surface area contributed by atoms with E-state index in [0.717, 1.165) is 17.5 Å². The highest BCUT2D eigenvalue weighted by molar-refractivity contribution is 6.30. The molecular weight excluding hydrogens is 268 g/mol. The number of nitrogens with zero attached hydrogens (tertiary/aromatic N) is 1. The van der Waals surface area contributed by atoms with Gasteiger partial charge in [0.25, 0.3) is 0 Å². The Hall–Kier alpha value is -0.570. The Morgan fingerprint density at radius 3 is 2.70 bits per heavy atom. The van der Waals surface area contributed by atoms with Crippen molar-refractivity contribution in [2.75, 3.05) is 20.1 Å². The zero-order valence-corrected chi connectivity index (χ0v) is 13.7. The lowest BCUT2D eigenvalue weighted by Gasteiger charge is -2.35. The molecule has 0 saturated carbocycles. The van der Waals surface area contributed by atoms with Gasteiger partial charge in [0.15, 0.2) is 0 Å². The van der Waals surface area contributed by atoms with Gasteiger partial charge in [-0.1, -0.05) is 37.1 Å². The minimum atomic E-state index is 0.427. The van der Waals surface area contributed by atoms with E-state index in [-0.39, 0.29) is 0 Å². The van der Waals surface area contributed by atoms with Crippen molar-refractivity contribution in [2.45, 2.75) is 45.2 Å². The number of nitrogens with one attached hydrogen (secondary N) is 1. The molecule has 3 atom stereocenters. The van der Waals surface area contributed by atoms with Crippen LogP contribution in [0.5, 0.6) is 0 Å². The number of rotatable bonds is 5. The Labute approximate surface area is 128 Å². The Morgan fingerprint density at radius 2 is 2.05 bits per heavy atom. The van der Waals surface area contributed by atoms with E-state index >= 15 is 0 Å². The Kier molecular flexibility index (Phi) is 5.88. The van der Waals surface area contributed by atoms with Crippen LogP contribution in [0.4, 0.5) is 0 Å². The summed E-state index contributed by atoms with van der Waals surface area (Å²) >= 11 is 5.96. The molecule has 0 bridgehead atoms. The van der Waals surface area contributed by atoms with E-state index in [4.69, 9.17) is 11.6 Å². The lowest BCUT2D eigenvalue weighted by atomic mass is 9.90. The molecule has 1 aliphatic rings. The normalized spacial score (nSPS) is 24.9. The predicted octanol–water partition coefficient (Wildman–Crippen LogP) is 4.11. The summed E-state index contributed by atoms with van der Waals surface area (Å²) in [6.07, 6.45) is 3.96. The minimum absolute atomic E-state index is 0.427. The zero-order valence-electron chi connectivity index (χ0n) is 12.9. The average molecular weight is 295 g/mol. The molecule has 1 aromatic carbocycles. The van der Waals surface area contributed by atoms with Gasteiger partial charge in [-0.3, -0.25) is 4.90 Å². The molecule has 0 amide bonds. The quantitative estimate of drug-likeness (QED) is 0.879. The maximum atomic E-state index is 5.96. The van der Waals surface area contributed by atoms with Crippen LogP contribution in [0.15, 0.2) is 24.3 Å². The topological polar surface area (TPSA) is 15.3 Å². The van der Waals surface area contributed by atoms with Gasteiger partial charge in [0.05, 0.1) is 0 Å². The molecule has 0 spiro atoms. The molecule has 1 N–H and O–H groups in total. The molecule has 3 heteroatoms. The Bertz CT molecular complexity index is 404. The van der Waals surface area contributed by atoms with Crippen molar-refractivity contribution < 1.29 is 0 Å². The smallest absolute Gasteiger partial charge is 0.0406 e. The summed E-state index contributed by atoms with van der Waals surface area (Å²) in [6.45, 7) is 6.86. The summed E-state index contributed by atoms with van der Waals surface area (Å²) in [6, 6.07) is 9.28. The second-order valence-electron chi connectivity index (χ2n) is 6.12. The monoisotopic (exact) mass is 294 g/mol. The highest BCUT2D eigenvalue weighted by atomic mass is 35.5. The summed E-state index contributed by atoms with van der Waals surface area (Å²) in [5.41, 5.74) is 1.33. The number of benzene rings is 1. The van der Waals surface area contributed by atoms with E-state index in [1.165, 1.54) is 31.4 Å². The third-order valence-corrected chi connectivity index (χ3v) is 4.95. The van der Waals surface area contributed by atoms with Crippen molar-refractivity contribution in [1.82, 2.24) is 10.2 Å². The molecule has 2 nitrogen and oxygen atoms in total. The van der Waals surface area contributed by atoms with Gasteiger partial charge in [-0.05, 0) is 57.0 Å². The summed E-state index contributed by atoms with van der Waals surface area (Å²) in [4.78, 5) is 2.44. The van der Waals surface area contributed by atoms with Gasteiger partial charge < -0.3 is 5.32 Å². The lowest BCUT2D eigenvalue weighted by molar-refractivity contribution is 0.192. The van der Waals surface area contributed by atoms with Crippen molar-refractivity contribution in [1.29, 1.82) is 0 Å². The molecular formula is C17H27ClN2. The zero-order chi connectivity index (χ0) is 14.5. The third-order valence-electron chi connectivity index (χ3n) is 4.70. The maximum absolute atomic E-state index is 5.96. The van der Waals surface area contributed by atoms with Gasteiger partial charge >= 0.3 is 0 Å². The fraction of sp³-hybridized carbons (Fsp3) is 0.647. The summed E-state index contributed by atoms with van der Waals surface area (Å²) in [5, 5.41) is 4.48. The number of hydrogen-bond donors (Lipinski definition) is 1. The van der Waals surface area contributed by atoms with Crippen molar-refractivity contribution in [2.24, 2.45) is 5.92 Å². The molecule has 1 fully saturated rings. The average Bonchev–Trinajstić information content (AvgIpc) is 2.47. The highest BCUT2D eigenvalue weighted by Gasteiger charge is 2.23. The first-order chi connectivity index (χ1) is 9.60. The molecule has 20 heavy (non-hydrogen) atoms. The molecule has 0 aromatic heterocycles. The first-order valence-electron chi connectivity index (χ1n) is 7.79. The van der Waals surface area contributed by atoms with E-state index < -0.39 is 0 Å². The molecule has 1 aliphatic heterocycles. The third kappa shape index (κ3) is 4.21. The second kappa shape index (κ2) is 7.44. The molecule has 3 unspecified atom stereocenters. The van der Waals surface area contributed by atoms with Crippen LogP contribution in [-0.2, 0) is 0 Å². The lowest BCUT2D eigenvalue weighted by Crippen LogP contribution is -2.45. The Balaban J connectivity index is 1.90. The van der Waals surface area contributed by atoms with Gasteiger partial charge in [-0.2, -0.15) is 0 Å². The summed E-state index contributed by atoms with van der Waals surface area (Å²) in [5.74, 6) is 0.903. The molecule has 0 aliphatic carbocycles. The van der Waals surface area contributed by atoms with Crippen LogP contribution >= 0.6 is 11.6 Å². The van der Waals surface area contributed by atoms with Crippen molar-refractivity contribution in [3.8, 4) is 0 Å². The van der Waals surface area contributed by atoms with Gasteiger partial charge in [-0.25, -0.2) is 0 Å². The second-order valence-corrected chi connectivity index (χ2v) is 6.55. The Morgan fingerprint density at radius 1 is 1.35 bits per heavy atom. The van der Waals surface area contributed by atoms with Crippen molar-refractivity contribution in [3.05, 3.63) is 34.9 Å². The molecule has 1 aromatic rings. The molecule has 1 heterocycles. The van der Waals surface area contributed by atoms with E-state index in [9.17, 15) is 0 Å². The van der Waals surface area contributed by atoms with E-state index in [1.807, 2.05) is 12.1 Å². The molecule has 1 saturated heterocycles. The fourth-order valence-corrected chi connectivity index (χ4v) is 3.23. The molecule has 0 radical (unpaired) electrons. The number of piperidine rings is 1. The molecule has 2 rings (SSSR count). The van der Waals surface area contributed by atoms with Crippen LogP contribution in [0.3, 0.4) is 0 Å². The van der Waals surface area contributed by atoms with E-state index in [1.54, 1.807) is 0 Å². The van der Waals surface area contributed by atoms with Crippen LogP contribution in [0.2, 0.25) is 5.02 Å². The van der Waals surface area contributed by atoms with E-state index in [2.05, 4.69) is 43.2 Å². The van der Waals surface area contributed by atoms with Crippen LogP contribution in [-0.4, -0.2) is 31.1 Å². The number of halogens is 1. The van der Waals surface area contributed by atoms with Gasteiger partial charge in [0.1, 0.15) is 0 Å². The van der Waals surface area contributed by atoms with Gasteiger partial charge in [-0.15, -0.1) is 0 Å². The SMILES string of the molecule is CCC1CCNC(CN(C)C(C)c2ccc(Cl)cc2)C1. The standard InChI is InChI=1S/C17H27ClN2/c1-4-14-9-10-19-17(11-14)12-20(3)13(2)15-5-7-16(18)8-6-15/h5-8,13-14,17,19H,4,9-12H2,1-3H3. The van der Waals surface area contributed by atoms with Crippen LogP contribution in [0.1, 0.15) is 44.7 Å². The highest BCUT2D eigenvalue weighted by Crippen LogP contribution is 2.24. The number of likely N-dealkylation sites (N-methyl/N-ethyl adjacent to an activating group) is 1. The van der Waals surface area contributed by atoms with Crippen LogP contribution in [0.25, 0.3) is 0 Å². The van der Waals surface area contributed by atoms with E-state index in [0.29, 0.717) is 12.1 Å². The summed E-state index contributed by atoms with van der Waals surface area (Å²) in [7, 11) is 2.22. The largest absolute Gasteiger partial charge is 0.313 e. The first kappa shape index (κ1) is 15.8. The minimum Gasteiger partial charge on any atom is -0.313 e.